The molecule has 0 spiro atoms. The zero-order valence-corrected chi connectivity index (χ0v) is 21.7. The van der Waals surface area contributed by atoms with Crippen LogP contribution in [-0.2, 0) is 20.4 Å². The van der Waals surface area contributed by atoms with Gasteiger partial charge in [0.1, 0.15) is 5.70 Å². The molecule has 3 aromatic rings. The van der Waals surface area contributed by atoms with Crippen LogP contribution in [0.5, 0.6) is 0 Å². The van der Waals surface area contributed by atoms with Gasteiger partial charge >= 0.3 is 0 Å². The molecule has 0 radical (unpaired) electrons. The summed E-state index contributed by atoms with van der Waals surface area (Å²) in [4.78, 5) is 28.6. The van der Waals surface area contributed by atoms with Crippen molar-refractivity contribution in [3.8, 4) is 0 Å². The van der Waals surface area contributed by atoms with E-state index in [1.807, 2.05) is 67.6 Å². The second kappa shape index (κ2) is 8.84. The number of carbonyl (C=O) groups excluding carboxylic acids is 2. The van der Waals surface area contributed by atoms with E-state index in [1.54, 1.807) is 0 Å². The Balaban J connectivity index is 1.75. The van der Waals surface area contributed by atoms with Crippen molar-refractivity contribution in [1.29, 1.82) is 0 Å². The van der Waals surface area contributed by atoms with Crippen molar-refractivity contribution in [3.05, 3.63) is 101 Å². The van der Waals surface area contributed by atoms with Crippen LogP contribution in [0.3, 0.4) is 0 Å². The highest BCUT2D eigenvalue weighted by Crippen LogP contribution is 2.35. The van der Waals surface area contributed by atoms with E-state index in [2.05, 4.69) is 59.0 Å². The predicted octanol–water partition coefficient (Wildman–Crippen LogP) is 6.99. The number of hydrogen-bond donors (Lipinski definition) is 1. The van der Waals surface area contributed by atoms with Gasteiger partial charge in [-0.05, 0) is 58.7 Å². The highest BCUT2D eigenvalue weighted by atomic mass is 16.2. The van der Waals surface area contributed by atoms with Gasteiger partial charge in [-0.2, -0.15) is 0 Å². The van der Waals surface area contributed by atoms with Gasteiger partial charge in [-0.25, -0.2) is 4.90 Å². The minimum atomic E-state index is -0.353. The van der Waals surface area contributed by atoms with Gasteiger partial charge in [-0.3, -0.25) is 9.59 Å². The number of anilines is 2. The summed E-state index contributed by atoms with van der Waals surface area (Å²) in [6.45, 7) is 14.9. The van der Waals surface area contributed by atoms with Crippen LogP contribution in [0.4, 0.5) is 11.4 Å². The molecular formula is C31H34N2O2. The van der Waals surface area contributed by atoms with Crippen LogP contribution in [-0.4, -0.2) is 11.8 Å². The highest BCUT2D eigenvalue weighted by Gasteiger charge is 2.40. The molecule has 0 aliphatic carbocycles. The van der Waals surface area contributed by atoms with E-state index in [4.69, 9.17) is 0 Å². The number of benzene rings is 3. The Bertz CT molecular complexity index is 1280. The third-order valence-corrected chi connectivity index (χ3v) is 6.44. The van der Waals surface area contributed by atoms with Crippen LogP contribution in [0.2, 0.25) is 0 Å². The summed E-state index contributed by atoms with van der Waals surface area (Å²) in [5.74, 6) is -0.676. The number of hydrogen-bond acceptors (Lipinski definition) is 3. The smallest absolute Gasteiger partial charge is 0.282 e. The molecule has 0 bridgehead atoms. The van der Waals surface area contributed by atoms with Gasteiger partial charge in [-0.1, -0.05) is 95.6 Å². The number of imide groups is 1. The van der Waals surface area contributed by atoms with E-state index in [9.17, 15) is 9.59 Å². The van der Waals surface area contributed by atoms with Gasteiger partial charge in [0, 0.05) is 5.69 Å². The van der Waals surface area contributed by atoms with Crippen molar-refractivity contribution in [1.82, 2.24) is 0 Å². The fourth-order valence-electron chi connectivity index (χ4n) is 4.18. The number of nitrogens with zero attached hydrogens (tertiary/aromatic N) is 1. The minimum absolute atomic E-state index is 0.0190. The number of rotatable bonds is 4. The molecule has 4 nitrogen and oxygen atoms in total. The Hall–Kier alpha value is -3.66. The molecule has 4 heteroatoms. The molecular weight excluding hydrogens is 432 g/mol. The molecule has 0 atom stereocenters. The fourth-order valence-corrected chi connectivity index (χ4v) is 4.18. The molecule has 1 aliphatic heterocycles. The van der Waals surface area contributed by atoms with E-state index in [0.717, 1.165) is 22.4 Å². The maximum Gasteiger partial charge on any atom is 0.282 e. The van der Waals surface area contributed by atoms with Crippen LogP contribution in [0.25, 0.3) is 5.57 Å². The lowest BCUT2D eigenvalue weighted by Gasteiger charge is -2.21. The molecule has 35 heavy (non-hydrogen) atoms. The van der Waals surface area contributed by atoms with Crippen molar-refractivity contribution in [2.24, 2.45) is 0 Å². The first-order valence-corrected chi connectivity index (χ1v) is 12.0. The summed E-state index contributed by atoms with van der Waals surface area (Å²) in [5, 5.41) is 3.27. The van der Waals surface area contributed by atoms with Gasteiger partial charge in [0.05, 0.1) is 11.3 Å². The van der Waals surface area contributed by atoms with Crippen molar-refractivity contribution >= 4 is 28.8 Å². The van der Waals surface area contributed by atoms with E-state index in [0.29, 0.717) is 17.0 Å². The van der Waals surface area contributed by atoms with Crippen molar-refractivity contribution < 1.29 is 9.59 Å². The number of nitrogens with one attached hydrogen (secondary N) is 1. The third kappa shape index (κ3) is 4.93. The lowest BCUT2D eigenvalue weighted by atomic mass is 9.87. The first-order valence-electron chi connectivity index (χ1n) is 12.0. The zero-order valence-electron chi connectivity index (χ0n) is 21.7. The normalized spacial score (nSPS) is 14.7. The summed E-state index contributed by atoms with van der Waals surface area (Å²) >= 11 is 0. The van der Waals surface area contributed by atoms with Gasteiger partial charge in [0.15, 0.2) is 0 Å². The fraction of sp³-hybridized carbons (Fsp3) is 0.290. The Morgan fingerprint density at radius 3 is 1.60 bits per heavy atom. The zero-order chi connectivity index (χ0) is 25.5. The van der Waals surface area contributed by atoms with E-state index >= 15 is 0 Å². The summed E-state index contributed by atoms with van der Waals surface area (Å²) < 4.78 is 0. The number of amides is 2. The van der Waals surface area contributed by atoms with Gasteiger partial charge in [-0.15, -0.1) is 0 Å². The van der Waals surface area contributed by atoms with Gasteiger partial charge in [0.25, 0.3) is 11.8 Å². The summed E-state index contributed by atoms with van der Waals surface area (Å²) in [6.07, 6.45) is 0. The van der Waals surface area contributed by atoms with E-state index in [1.165, 1.54) is 10.5 Å². The summed E-state index contributed by atoms with van der Waals surface area (Å²) in [7, 11) is 0. The van der Waals surface area contributed by atoms with Gasteiger partial charge < -0.3 is 5.32 Å². The highest BCUT2D eigenvalue weighted by molar-refractivity contribution is 6.46. The Morgan fingerprint density at radius 1 is 0.629 bits per heavy atom. The molecule has 2 amide bonds. The molecule has 180 valence electrons. The van der Waals surface area contributed by atoms with Crippen molar-refractivity contribution in [2.75, 3.05) is 10.2 Å². The van der Waals surface area contributed by atoms with E-state index in [-0.39, 0.29) is 22.6 Å². The average Bonchev–Trinajstić information content (AvgIpc) is 3.03. The number of carbonyl (C=O) groups is 2. The second-order valence-corrected chi connectivity index (χ2v) is 11.3. The Kier molecular flexibility index (Phi) is 6.18. The summed E-state index contributed by atoms with van der Waals surface area (Å²) in [5.41, 5.74) is 6.17. The molecule has 0 aromatic heterocycles. The number of aryl methyl sites for hydroxylation is 1. The Morgan fingerprint density at radius 2 is 1.11 bits per heavy atom. The monoisotopic (exact) mass is 466 g/mol. The van der Waals surface area contributed by atoms with Crippen molar-refractivity contribution in [3.63, 3.8) is 0 Å². The molecule has 1 heterocycles. The molecule has 0 fully saturated rings. The molecule has 1 N–H and O–H groups in total. The quantitative estimate of drug-likeness (QED) is 0.422. The first kappa shape index (κ1) is 24.5. The minimum Gasteiger partial charge on any atom is -0.350 e. The Labute approximate surface area is 208 Å². The molecule has 3 aromatic carbocycles. The molecule has 4 rings (SSSR count). The lowest BCUT2D eigenvalue weighted by Crippen LogP contribution is -2.32. The van der Waals surface area contributed by atoms with Crippen molar-refractivity contribution in [2.45, 2.75) is 59.3 Å². The first-order chi connectivity index (χ1) is 16.4. The van der Waals surface area contributed by atoms with Crippen LogP contribution < -0.4 is 10.2 Å². The van der Waals surface area contributed by atoms with E-state index < -0.39 is 0 Å². The second-order valence-electron chi connectivity index (χ2n) is 11.3. The average molecular weight is 467 g/mol. The molecule has 0 saturated carbocycles. The topological polar surface area (TPSA) is 49.4 Å². The van der Waals surface area contributed by atoms with Crippen LogP contribution >= 0.6 is 0 Å². The van der Waals surface area contributed by atoms with Crippen LogP contribution in [0.15, 0.2) is 78.5 Å². The lowest BCUT2D eigenvalue weighted by molar-refractivity contribution is -0.120. The largest absolute Gasteiger partial charge is 0.350 e. The van der Waals surface area contributed by atoms with Gasteiger partial charge in [0.2, 0.25) is 0 Å². The van der Waals surface area contributed by atoms with Crippen LogP contribution in [0, 0.1) is 6.92 Å². The molecule has 1 aliphatic rings. The predicted molar refractivity (Wildman–Crippen MR) is 144 cm³/mol. The summed E-state index contributed by atoms with van der Waals surface area (Å²) in [6, 6.07) is 23.4. The maximum absolute atomic E-state index is 13.7. The van der Waals surface area contributed by atoms with Crippen LogP contribution in [0.1, 0.15) is 63.8 Å². The standard InChI is InChI=1S/C31H34N2O2/c1-20-8-10-21(11-9-20)26-27(32-24-16-12-22(13-17-24)30(2,3)4)29(35)33(28(26)34)25-18-14-23(15-19-25)31(5,6)7/h8-19,32H,1-7H3. The molecule has 0 unspecified atom stereocenters. The third-order valence-electron chi connectivity index (χ3n) is 6.44. The maximum atomic E-state index is 13.7. The molecule has 0 saturated heterocycles. The SMILES string of the molecule is Cc1ccc(C2=C(Nc3ccc(C(C)(C)C)cc3)C(=O)N(c3ccc(C(C)(C)C)cc3)C2=O)cc1.